The normalized spacial score (nSPS) is 12.9. The second kappa shape index (κ2) is 12.4. The maximum Gasteiger partial charge on any atom is 0.235 e. The Morgan fingerprint density at radius 2 is 1.22 bits per heavy atom. The maximum atomic E-state index is 6.53. The van der Waals surface area contributed by atoms with Crippen molar-refractivity contribution in [3.8, 4) is 34.0 Å². The van der Waals surface area contributed by atoms with Gasteiger partial charge >= 0.3 is 0 Å². The molecular formula is C54H34N4O. The number of aromatic nitrogens is 4. The highest BCUT2D eigenvalue weighted by Crippen LogP contribution is 2.42. The molecule has 8 aromatic carbocycles. The van der Waals surface area contributed by atoms with E-state index in [1.54, 1.807) is 0 Å². The van der Waals surface area contributed by atoms with Crippen LogP contribution in [0.15, 0.2) is 180 Å². The first-order chi connectivity index (χ1) is 29.3. The zero-order valence-electron chi connectivity index (χ0n) is 31.9. The van der Waals surface area contributed by atoms with E-state index in [-0.39, 0.29) is 0 Å². The minimum Gasteiger partial charge on any atom is -0.455 e. The summed E-state index contributed by atoms with van der Waals surface area (Å²) in [6, 6.07) is 60.6. The number of para-hydroxylation sites is 4. The summed E-state index contributed by atoms with van der Waals surface area (Å²) in [7, 11) is 0. The molecule has 1 aliphatic carbocycles. The van der Waals surface area contributed by atoms with E-state index in [1.165, 1.54) is 32.8 Å². The molecule has 59 heavy (non-hydrogen) atoms. The predicted molar refractivity (Wildman–Crippen MR) is 244 cm³/mol. The third kappa shape index (κ3) is 4.73. The van der Waals surface area contributed by atoms with Crippen molar-refractivity contribution < 1.29 is 4.42 Å². The number of furan rings is 1. The van der Waals surface area contributed by atoms with Gasteiger partial charge in [0, 0.05) is 60.4 Å². The first kappa shape index (κ1) is 32.3. The van der Waals surface area contributed by atoms with Crippen LogP contribution in [0.2, 0.25) is 0 Å². The molecule has 0 spiro atoms. The molecule has 0 saturated carbocycles. The van der Waals surface area contributed by atoms with Gasteiger partial charge in [-0.3, -0.25) is 4.57 Å². The van der Waals surface area contributed by atoms with Gasteiger partial charge in [0.15, 0.2) is 0 Å². The Hall–Kier alpha value is -7.76. The number of nitrogens with zero attached hydrogens (tertiary/aromatic N) is 4. The lowest BCUT2D eigenvalue weighted by molar-refractivity contribution is 0.670. The number of fused-ring (bicyclic) bond motifs is 12. The largest absolute Gasteiger partial charge is 0.455 e. The number of allylic oxidation sites excluding steroid dienone is 1. The molecule has 0 aliphatic heterocycles. The molecule has 5 nitrogen and oxygen atoms in total. The minimum atomic E-state index is 0.698. The Morgan fingerprint density at radius 1 is 0.508 bits per heavy atom. The van der Waals surface area contributed by atoms with E-state index in [2.05, 4.69) is 179 Å². The van der Waals surface area contributed by atoms with Crippen LogP contribution in [0, 0.1) is 0 Å². The second-order valence-corrected chi connectivity index (χ2v) is 15.6. The second-order valence-electron chi connectivity index (χ2n) is 15.6. The molecule has 0 bridgehead atoms. The molecule has 0 atom stereocenters. The van der Waals surface area contributed by atoms with Gasteiger partial charge in [0.1, 0.15) is 11.2 Å². The summed E-state index contributed by atoms with van der Waals surface area (Å²) < 4.78 is 11.2. The fraction of sp³-hybridized carbons (Fsp3) is 0.0370. The SMILES string of the molecule is C1=Cc2c(n(-c3nc(-c4ccc5c(c4)c4cc(-c6cccc7c6oc6ccccc67)ccc4n5-c4ccccc4)c4ccccc4n3)c3ccc4ccccc4c23)CC1. The molecule has 13 rings (SSSR count). The van der Waals surface area contributed by atoms with Crippen LogP contribution in [0.4, 0.5) is 0 Å². The quantitative estimate of drug-likeness (QED) is 0.180. The van der Waals surface area contributed by atoms with Crippen molar-refractivity contribution in [2.45, 2.75) is 12.8 Å². The van der Waals surface area contributed by atoms with Crippen molar-refractivity contribution >= 4 is 82.4 Å². The fourth-order valence-electron chi connectivity index (χ4n) is 9.77. The highest BCUT2D eigenvalue weighted by molar-refractivity contribution is 6.15. The van der Waals surface area contributed by atoms with Gasteiger partial charge in [-0.15, -0.1) is 0 Å². The van der Waals surface area contributed by atoms with Crippen LogP contribution in [0.25, 0.3) is 116 Å². The van der Waals surface area contributed by atoms with E-state index in [0.29, 0.717) is 5.95 Å². The number of hydrogen-bond acceptors (Lipinski definition) is 3. The van der Waals surface area contributed by atoms with Crippen LogP contribution >= 0.6 is 0 Å². The van der Waals surface area contributed by atoms with Crippen LogP contribution in [-0.2, 0) is 6.42 Å². The van der Waals surface area contributed by atoms with Crippen molar-refractivity contribution in [1.29, 1.82) is 0 Å². The van der Waals surface area contributed by atoms with E-state index >= 15 is 0 Å². The van der Waals surface area contributed by atoms with Crippen LogP contribution in [0.1, 0.15) is 17.7 Å². The van der Waals surface area contributed by atoms with E-state index < -0.39 is 0 Å². The van der Waals surface area contributed by atoms with Gasteiger partial charge in [-0.2, -0.15) is 0 Å². The lowest BCUT2D eigenvalue weighted by Gasteiger charge is -2.15. The Morgan fingerprint density at radius 3 is 2.10 bits per heavy atom. The molecule has 276 valence electrons. The summed E-state index contributed by atoms with van der Waals surface area (Å²) >= 11 is 0. The van der Waals surface area contributed by atoms with Crippen molar-refractivity contribution in [1.82, 2.24) is 19.1 Å². The number of hydrogen-bond donors (Lipinski definition) is 0. The Balaban J connectivity index is 1.06. The smallest absolute Gasteiger partial charge is 0.235 e. The summed E-state index contributed by atoms with van der Waals surface area (Å²) in [5.41, 5.74) is 13.9. The third-order valence-electron chi connectivity index (χ3n) is 12.4. The lowest BCUT2D eigenvalue weighted by atomic mass is 9.98. The van der Waals surface area contributed by atoms with E-state index in [9.17, 15) is 0 Å². The van der Waals surface area contributed by atoms with Gasteiger partial charge in [0.05, 0.1) is 27.8 Å². The molecule has 4 heterocycles. The minimum absolute atomic E-state index is 0.698. The topological polar surface area (TPSA) is 48.8 Å². The van der Waals surface area contributed by atoms with Crippen LogP contribution < -0.4 is 0 Å². The number of rotatable bonds is 4. The van der Waals surface area contributed by atoms with Crippen LogP contribution in [0.3, 0.4) is 0 Å². The molecule has 0 fully saturated rings. The standard InChI is InChI=1S/C54H34N4O/c1-2-14-36(15-3-1)57-47-28-26-34(38-20-12-21-40-39-17-8-11-24-50(39)59-53(38)40)31-43(47)44-32-35(27-29-48(44)57)52-41-18-6-9-22-45(41)55-54(56-52)58-46-23-10-7-19-42(46)51-37-16-5-4-13-33(37)25-30-49(51)58/h1-9,11-22,24-32H,10,23H2. The van der Waals surface area contributed by atoms with Crippen molar-refractivity contribution in [3.63, 3.8) is 0 Å². The van der Waals surface area contributed by atoms with Crippen molar-refractivity contribution in [2.24, 2.45) is 0 Å². The molecular weight excluding hydrogens is 721 g/mol. The molecule has 4 aromatic heterocycles. The number of benzene rings is 8. The summed E-state index contributed by atoms with van der Waals surface area (Å²) in [6.07, 6.45) is 6.50. The van der Waals surface area contributed by atoms with Gasteiger partial charge in [0.2, 0.25) is 5.95 Å². The highest BCUT2D eigenvalue weighted by atomic mass is 16.3. The van der Waals surface area contributed by atoms with Crippen LogP contribution in [-0.4, -0.2) is 19.1 Å². The average molecular weight is 755 g/mol. The fourth-order valence-corrected chi connectivity index (χ4v) is 9.77. The van der Waals surface area contributed by atoms with E-state index in [0.717, 1.165) is 95.7 Å². The van der Waals surface area contributed by atoms with Gasteiger partial charge in [0.25, 0.3) is 0 Å². The van der Waals surface area contributed by atoms with Crippen molar-refractivity contribution in [2.75, 3.05) is 0 Å². The third-order valence-corrected chi connectivity index (χ3v) is 12.4. The zero-order valence-corrected chi connectivity index (χ0v) is 31.9. The Labute approximate surface area is 338 Å². The summed E-state index contributed by atoms with van der Waals surface area (Å²) in [6.45, 7) is 0. The van der Waals surface area contributed by atoms with Crippen LogP contribution in [0.5, 0.6) is 0 Å². The Bertz CT molecular complexity index is 3730. The predicted octanol–water partition coefficient (Wildman–Crippen LogP) is 14.0. The van der Waals surface area contributed by atoms with E-state index in [4.69, 9.17) is 14.4 Å². The Kier molecular flexibility index (Phi) is 6.78. The zero-order chi connectivity index (χ0) is 38.6. The molecule has 0 N–H and O–H groups in total. The summed E-state index contributed by atoms with van der Waals surface area (Å²) in [5, 5.41) is 9.35. The summed E-state index contributed by atoms with van der Waals surface area (Å²) in [5.74, 6) is 0.698. The average Bonchev–Trinajstić information content (AvgIpc) is 3.96. The molecule has 0 amide bonds. The molecule has 0 saturated heterocycles. The van der Waals surface area contributed by atoms with Gasteiger partial charge in [-0.25, -0.2) is 9.97 Å². The van der Waals surface area contributed by atoms with Gasteiger partial charge < -0.3 is 8.98 Å². The van der Waals surface area contributed by atoms with E-state index in [1.807, 2.05) is 12.1 Å². The van der Waals surface area contributed by atoms with Gasteiger partial charge in [-0.1, -0.05) is 127 Å². The monoisotopic (exact) mass is 754 g/mol. The first-order valence-electron chi connectivity index (χ1n) is 20.3. The van der Waals surface area contributed by atoms with Gasteiger partial charge in [-0.05, 0) is 83.8 Å². The summed E-state index contributed by atoms with van der Waals surface area (Å²) in [4.78, 5) is 10.8. The lowest BCUT2D eigenvalue weighted by Crippen LogP contribution is -2.08. The highest BCUT2D eigenvalue weighted by Gasteiger charge is 2.24. The molecule has 1 aliphatic rings. The first-order valence-corrected chi connectivity index (χ1v) is 20.3. The molecule has 0 radical (unpaired) electrons. The molecule has 0 unspecified atom stereocenters. The molecule has 5 heteroatoms. The van der Waals surface area contributed by atoms with Crippen molar-refractivity contribution in [3.05, 3.63) is 187 Å². The maximum absolute atomic E-state index is 6.53. The molecule has 12 aromatic rings.